The van der Waals surface area contributed by atoms with Gasteiger partial charge in [0.15, 0.2) is 0 Å². The van der Waals surface area contributed by atoms with E-state index < -0.39 is 7.26 Å². The van der Waals surface area contributed by atoms with E-state index in [4.69, 9.17) is 4.74 Å². The van der Waals surface area contributed by atoms with E-state index in [9.17, 15) is 4.79 Å². The molecule has 142 valence electrons. The summed E-state index contributed by atoms with van der Waals surface area (Å²) in [4.78, 5) is 11.9. The lowest BCUT2D eigenvalue weighted by atomic mass is 10.2. The largest absolute Gasteiger partial charge is 0.469 e. The van der Waals surface area contributed by atoms with Crippen LogP contribution < -0.4 is 15.9 Å². The molecule has 1 saturated carbocycles. The zero-order chi connectivity index (χ0) is 19.4. The molecule has 1 fully saturated rings. The number of benzene rings is 3. The minimum atomic E-state index is -1.78. The van der Waals surface area contributed by atoms with E-state index in [1.807, 2.05) is 0 Å². The number of hydrogen-bond acceptors (Lipinski definition) is 2. The lowest BCUT2D eigenvalue weighted by molar-refractivity contribution is -0.142. The van der Waals surface area contributed by atoms with Crippen molar-refractivity contribution in [3.05, 3.63) is 91.0 Å². The molecular formula is C25H26O2P+. The quantitative estimate of drug-likeness (QED) is 0.448. The number of esters is 1. The van der Waals surface area contributed by atoms with Crippen LogP contribution in [0.4, 0.5) is 0 Å². The minimum absolute atomic E-state index is 0.0481. The first-order chi connectivity index (χ1) is 13.8. The van der Waals surface area contributed by atoms with Gasteiger partial charge in [-0.1, -0.05) is 54.6 Å². The average Bonchev–Trinajstić information content (AvgIpc) is 3.56. The van der Waals surface area contributed by atoms with Crippen molar-refractivity contribution in [3.8, 4) is 0 Å². The number of carbonyl (C=O) groups excluding carboxylic acids is 1. The molecule has 0 aromatic heterocycles. The molecule has 0 unspecified atom stereocenters. The third-order valence-electron chi connectivity index (χ3n) is 5.85. The summed E-state index contributed by atoms with van der Waals surface area (Å²) < 4.78 is 4.96. The summed E-state index contributed by atoms with van der Waals surface area (Å²) in [6.45, 7) is 0. The van der Waals surface area contributed by atoms with Gasteiger partial charge in [0.25, 0.3) is 0 Å². The van der Waals surface area contributed by atoms with Crippen molar-refractivity contribution in [2.75, 3.05) is 13.3 Å². The second kappa shape index (κ2) is 8.29. The molecule has 0 radical (unpaired) electrons. The van der Waals surface area contributed by atoms with Gasteiger partial charge >= 0.3 is 5.97 Å². The van der Waals surface area contributed by atoms with Crippen LogP contribution in [0.25, 0.3) is 0 Å². The van der Waals surface area contributed by atoms with Crippen LogP contribution in [0.15, 0.2) is 91.0 Å². The Morgan fingerprint density at radius 2 is 1.25 bits per heavy atom. The number of hydrogen-bond donors (Lipinski definition) is 0. The van der Waals surface area contributed by atoms with Gasteiger partial charge in [0.1, 0.15) is 23.2 Å². The lowest BCUT2D eigenvalue weighted by Gasteiger charge is -2.27. The maximum absolute atomic E-state index is 11.9. The Morgan fingerprint density at radius 1 is 0.821 bits per heavy atom. The Morgan fingerprint density at radius 3 is 1.64 bits per heavy atom. The highest BCUT2D eigenvalue weighted by molar-refractivity contribution is 7.95. The monoisotopic (exact) mass is 389 g/mol. The van der Waals surface area contributed by atoms with E-state index in [2.05, 4.69) is 91.0 Å². The van der Waals surface area contributed by atoms with Crippen LogP contribution in [0.3, 0.4) is 0 Å². The second-order valence-corrected chi connectivity index (χ2v) is 11.1. The first kappa shape index (κ1) is 18.9. The number of rotatable bonds is 7. The zero-order valence-electron chi connectivity index (χ0n) is 16.2. The number of carbonyl (C=O) groups is 1. The van der Waals surface area contributed by atoms with Crippen LogP contribution in [-0.2, 0) is 9.53 Å². The molecule has 2 atom stereocenters. The number of ether oxygens (including phenoxy) is 1. The van der Waals surface area contributed by atoms with Crippen LogP contribution in [0, 0.1) is 11.8 Å². The molecule has 0 bridgehead atoms. The summed E-state index contributed by atoms with van der Waals surface area (Å²) in [5.41, 5.74) is 0. The third-order valence-corrected chi connectivity index (χ3v) is 10.3. The standard InChI is InChI=1S/C25H26O2P/c1-27-25(26)24-19-20(24)17-18-28(21-11-5-2-6-12-21,22-13-7-3-8-14-22)23-15-9-4-10-16-23/h2-16,20,24H,17-19H2,1H3/q+1/t20-,24-/m1/s1. The molecule has 0 amide bonds. The smallest absolute Gasteiger partial charge is 0.308 e. The predicted octanol–water partition coefficient (Wildman–Crippen LogP) is 4.18. The van der Waals surface area contributed by atoms with Gasteiger partial charge in [-0.3, -0.25) is 4.79 Å². The highest BCUT2D eigenvalue weighted by Gasteiger charge is 2.49. The van der Waals surface area contributed by atoms with Gasteiger partial charge in [-0.2, -0.15) is 0 Å². The molecule has 0 aliphatic heterocycles. The van der Waals surface area contributed by atoms with Crippen LogP contribution in [0.1, 0.15) is 12.8 Å². The molecule has 3 aromatic carbocycles. The van der Waals surface area contributed by atoms with Crippen LogP contribution in [0.5, 0.6) is 0 Å². The molecule has 0 heterocycles. The van der Waals surface area contributed by atoms with Crippen LogP contribution >= 0.6 is 7.26 Å². The summed E-state index contributed by atoms with van der Waals surface area (Å²) in [7, 11) is -0.291. The van der Waals surface area contributed by atoms with E-state index in [1.54, 1.807) is 0 Å². The van der Waals surface area contributed by atoms with Gasteiger partial charge in [-0.15, -0.1) is 0 Å². The molecule has 1 aliphatic carbocycles. The minimum Gasteiger partial charge on any atom is -0.469 e. The van der Waals surface area contributed by atoms with Crippen LogP contribution in [0.2, 0.25) is 0 Å². The summed E-state index contributed by atoms with van der Waals surface area (Å²) in [6.07, 6.45) is 3.08. The molecule has 3 aromatic rings. The van der Waals surface area contributed by atoms with Crippen molar-refractivity contribution < 1.29 is 9.53 Å². The van der Waals surface area contributed by atoms with Crippen molar-refractivity contribution in [3.63, 3.8) is 0 Å². The zero-order valence-corrected chi connectivity index (χ0v) is 17.1. The van der Waals surface area contributed by atoms with Crippen molar-refractivity contribution in [1.29, 1.82) is 0 Å². The Kier molecular flexibility index (Phi) is 5.59. The lowest BCUT2D eigenvalue weighted by Crippen LogP contribution is -2.33. The van der Waals surface area contributed by atoms with Crippen molar-refractivity contribution >= 4 is 29.1 Å². The predicted molar refractivity (Wildman–Crippen MR) is 118 cm³/mol. The summed E-state index contributed by atoms with van der Waals surface area (Å²) >= 11 is 0. The Labute approximate surface area is 167 Å². The van der Waals surface area contributed by atoms with Gasteiger partial charge < -0.3 is 4.74 Å². The summed E-state index contributed by atoms with van der Waals surface area (Å²) in [6, 6.07) is 32.8. The fraction of sp³-hybridized carbons (Fsp3) is 0.240. The van der Waals surface area contributed by atoms with Gasteiger partial charge in [0.05, 0.1) is 19.2 Å². The van der Waals surface area contributed by atoms with Gasteiger partial charge in [-0.25, -0.2) is 0 Å². The van der Waals surface area contributed by atoms with E-state index in [-0.39, 0.29) is 11.9 Å². The van der Waals surface area contributed by atoms with E-state index >= 15 is 0 Å². The van der Waals surface area contributed by atoms with Gasteiger partial charge in [-0.05, 0) is 55.2 Å². The molecule has 0 saturated heterocycles. The fourth-order valence-corrected chi connectivity index (χ4v) is 8.68. The third kappa shape index (κ3) is 3.62. The topological polar surface area (TPSA) is 26.3 Å². The highest BCUT2D eigenvalue weighted by Crippen LogP contribution is 2.58. The van der Waals surface area contributed by atoms with Crippen molar-refractivity contribution in [1.82, 2.24) is 0 Å². The molecule has 2 nitrogen and oxygen atoms in total. The maximum Gasteiger partial charge on any atom is 0.308 e. The van der Waals surface area contributed by atoms with Crippen LogP contribution in [-0.4, -0.2) is 19.2 Å². The summed E-state index contributed by atoms with van der Waals surface area (Å²) in [5.74, 6) is 0.491. The molecule has 1 aliphatic rings. The van der Waals surface area contributed by atoms with Gasteiger partial charge in [0.2, 0.25) is 0 Å². The Hall–Kier alpha value is -2.44. The van der Waals surface area contributed by atoms with Crippen molar-refractivity contribution in [2.24, 2.45) is 11.8 Å². The Bertz CT molecular complexity index is 812. The average molecular weight is 389 g/mol. The molecule has 28 heavy (non-hydrogen) atoms. The summed E-state index contributed by atoms with van der Waals surface area (Å²) in [5, 5.41) is 4.22. The molecule has 0 spiro atoms. The first-order valence-electron chi connectivity index (χ1n) is 9.88. The molecule has 4 rings (SSSR count). The molecular weight excluding hydrogens is 363 g/mol. The normalized spacial score (nSPS) is 18.5. The second-order valence-electron chi connectivity index (χ2n) is 7.45. The molecule has 0 N–H and O–H groups in total. The van der Waals surface area contributed by atoms with Crippen molar-refractivity contribution in [2.45, 2.75) is 12.8 Å². The van der Waals surface area contributed by atoms with E-state index in [0.717, 1.165) is 19.0 Å². The SMILES string of the molecule is COC(=O)[C@@H]1C[C@H]1CC[P+](c1ccccc1)(c1ccccc1)c1ccccc1. The fourth-order valence-electron chi connectivity index (χ4n) is 4.25. The Balaban J connectivity index is 1.77. The van der Waals surface area contributed by atoms with E-state index in [0.29, 0.717) is 5.92 Å². The van der Waals surface area contributed by atoms with Gasteiger partial charge in [0, 0.05) is 0 Å². The highest BCUT2D eigenvalue weighted by atomic mass is 31.2. The first-order valence-corrected chi connectivity index (χ1v) is 11.9. The maximum atomic E-state index is 11.9. The molecule has 3 heteroatoms. The van der Waals surface area contributed by atoms with E-state index in [1.165, 1.54) is 23.0 Å². The number of methoxy groups -OCH3 is 1.